The van der Waals surface area contributed by atoms with Crippen molar-refractivity contribution in [3.63, 3.8) is 0 Å². The predicted molar refractivity (Wildman–Crippen MR) is 137 cm³/mol. The van der Waals surface area contributed by atoms with Crippen LogP contribution in [0, 0.1) is 23.2 Å². The van der Waals surface area contributed by atoms with Crippen molar-refractivity contribution in [2.24, 2.45) is 0 Å². The van der Waals surface area contributed by atoms with Gasteiger partial charge >= 0.3 is 0 Å². The molecule has 1 unspecified atom stereocenters. The van der Waals surface area contributed by atoms with Gasteiger partial charge in [-0.1, -0.05) is 42.8 Å². The Bertz CT molecular complexity index is 1340. The Morgan fingerprint density at radius 1 is 1.26 bits per heavy atom. The third-order valence-corrected chi connectivity index (χ3v) is 8.73. The zero-order valence-electron chi connectivity index (χ0n) is 20.1. The summed E-state index contributed by atoms with van der Waals surface area (Å²) in [6, 6.07) is 12.4. The minimum absolute atomic E-state index is 0.00193. The Balaban J connectivity index is 1.51. The molecule has 6 nitrogen and oxygen atoms in total. The number of carbonyl (C=O) groups excluding carboxylic acids is 1. The molecule has 1 aromatic carbocycles. The number of likely N-dealkylation sites (N-methyl/N-ethyl adjacent to an activating group) is 1. The molecule has 3 aliphatic rings. The second-order valence-electron chi connectivity index (χ2n) is 9.57. The Hall–Kier alpha value is -3.55. The van der Waals surface area contributed by atoms with E-state index >= 15 is 0 Å². The number of hydrogen-bond acceptors (Lipinski definition) is 6. The number of hydrogen-bond donors (Lipinski definition) is 1. The first-order valence-corrected chi connectivity index (χ1v) is 12.7. The topological polar surface area (TPSA) is 81.9 Å². The van der Waals surface area contributed by atoms with Crippen molar-refractivity contribution in [2.75, 3.05) is 12.8 Å². The molecule has 1 aliphatic carbocycles. The first-order valence-electron chi connectivity index (χ1n) is 11.7. The lowest BCUT2D eigenvalue weighted by molar-refractivity contribution is -0.133. The summed E-state index contributed by atoms with van der Waals surface area (Å²) in [5.74, 6) is 6.96. The number of aromatic nitrogens is 2. The van der Waals surface area contributed by atoms with Gasteiger partial charge in [0, 0.05) is 23.6 Å². The van der Waals surface area contributed by atoms with Crippen molar-refractivity contribution in [1.82, 2.24) is 20.2 Å². The van der Waals surface area contributed by atoms with Crippen LogP contribution in [0.4, 0.5) is 0 Å². The van der Waals surface area contributed by atoms with E-state index < -0.39 is 11.5 Å². The number of carbonyl (C=O) groups is 1. The molecule has 0 spiro atoms. The lowest BCUT2D eigenvalue weighted by Crippen LogP contribution is -2.60. The average Bonchev–Trinajstić information content (AvgIpc) is 3.50. The van der Waals surface area contributed by atoms with Crippen LogP contribution in [-0.2, 0) is 10.2 Å². The molecule has 2 aromatic rings. The van der Waals surface area contributed by atoms with Crippen LogP contribution in [0.2, 0.25) is 0 Å². The van der Waals surface area contributed by atoms with Crippen LogP contribution in [0.1, 0.15) is 61.0 Å². The van der Waals surface area contributed by atoms with E-state index in [0.29, 0.717) is 11.5 Å². The quantitative estimate of drug-likeness (QED) is 0.660. The highest BCUT2D eigenvalue weighted by atomic mass is 32.2. The maximum Gasteiger partial charge on any atom is 0.238 e. The van der Waals surface area contributed by atoms with E-state index in [1.54, 1.807) is 37.0 Å². The molecular formula is C28H27N5OS. The van der Waals surface area contributed by atoms with Crippen LogP contribution in [0.15, 0.2) is 60.0 Å². The summed E-state index contributed by atoms with van der Waals surface area (Å²) in [7, 11) is 1.75. The van der Waals surface area contributed by atoms with Crippen molar-refractivity contribution in [1.29, 1.82) is 5.26 Å². The van der Waals surface area contributed by atoms with E-state index in [1.807, 2.05) is 30.3 Å². The molecule has 2 aliphatic heterocycles. The van der Waals surface area contributed by atoms with Crippen LogP contribution in [-0.4, -0.2) is 39.1 Å². The van der Waals surface area contributed by atoms with Crippen LogP contribution in [0.3, 0.4) is 0 Å². The van der Waals surface area contributed by atoms with Crippen LogP contribution >= 0.6 is 11.8 Å². The van der Waals surface area contributed by atoms with Crippen molar-refractivity contribution in [2.45, 2.75) is 49.5 Å². The summed E-state index contributed by atoms with van der Waals surface area (Å²) >= 11 is 1.74. The number of nitrogens with one attached hydrogen (secondary N) is 1. The van der Waals surface area contributed by atoms with Gasteiger partial charge in [0.2, 0.25) is 5.91 Å². The Labute approximate surface area is 210 Å². The molecule has 1 saturated heterocycles. The minimum Gasteiger partial charge on any atom is -0.361 e. The van der Waals surface area contributed by atoms with Crippen LogP contribution < -0.4 is 5.32 Å². The zero-order valence-corrected chi connectivity index (χ0v) is 20.9. The van der Waals surface area contributed by atoms with Crippen molar-refractivity contribution < 1.29 is 4.79 Å². The number of allylic oxidation sites excluding steroid dienone is 1. The van der Waals surface area contributed by atoms with Gasteiger partial charge < -0.3 is 10.2 Å². The molecule has 3 heterocycles. The second kappa shape index (κ2) is 8.59. The van der Waals surface area contributed by atoms with Gasteiger partial charge in [-0.3, -0.25) is 4.79 Å². The van der Waals surface area contributed by atoms with E-state index in [2.05, 4.69) is 52.8 Å². The standard InChI is InChI=1S/C28H27N5OS/c1-5-6-22-14-23(31-17-30-22)20-13-24(35-15-20)27(3)25(26(34)33(4)18(2)32-27)19-7-9-21(10-8-19)28(16-29)11-12-28/h7-10,13-14,17,20,25,32H,2,11-12,15H2,1,3-4H3/t20?,25-,27-/m1/s1. The second-order valence-corrected chi connectivity index (χ2v) is 10.6. The van der Waals surface area contributed by atoms with E-state index in [0.717, 1.165) is 40.3 Å². The summed E-state index contributed by atoms with van der Waals surface area (Å²) in [6.07, 6.45) is 5.56. The predicted octanol–water partition coefficient (Wildman–Crippen LogP) is 4.19. The van der Waals surface area contributed by atoms with Gasteiger partial charge in [0.25, 0.3) is 0 Å². The first-order chi connectivity index (χ1) is 16.8. The largest absolute Gasteiger partial charge is 0.361 e. The number of rotatable bonds is 4. The average molecular weight is 482 g/mol. The molecular weight excluding hydrogens is 454 g/mol. The molecule has 1 aromatic heterocycles. The molecule has 1 saturated carbocycles. The Kier molecular flexibility index (Phi) is 5.69. The van der Waals surface area contributed by atoms with Crippen molar-refractivity contribution in [3.8, 4) is 17.9 Å². The van der Waals surface area contributed by atoms with E-state index in [1.165, 1.54) is 0 Å². The number of thioether (sulfide) groups is 1. The van der Waals surface area contributed by atoms with Crippen LogP contribution in [0.25, 0.3) is 0 Å². The van der Waals surface area contributed by atoms with Crippen molar-refractivity contribution in [3.05, 3.63) is 82.6 Å². The minimum atomic E-state index is -0.660. The molecule has 35 heavy (non-hydrogen) atoms. The highest BCUT2D eigenvalue weighted by molar-refractivity contribution is 8.03. The maximum atomic E-state index is 13.6. The van der Waals surface area contributed by atoms with Gasteiger partial charge in [-0.2, -0.15) is 5.26 Å². The molecule has 1 N–H and O–H groups in total. The van der Waals surface area contributed by atoms with Gasteiger partial charge in [-0.25, -0.2) is 9.97 Å². The maximum absolute atomic E-state index is 13.6. The highest BCUT2D eigenvalue weighted by Crippen LogP contribution is 2.50. The van der Waals surface area contributed by atoms with E-state index in [4.69, 9.17) is 0 Å². The lowest BCUT2D eigenvalue weighted by atomic mass is 9.76. The number of nitrogens with zero attached hydrogens (tertiary/aromatic N) is 4. The summed E-state index contributed by atoms with van der Waals surface area (Å²) in [4.78, 5) is 25.0. The third-order valence-electron chi connectivity index (χ3n) is 7.33. The Morgan fingerprint density at radius 2 is 2.00 bits per heavy atom. The smallest absolute Gasteiger partial charge is 0.238 e. The highest BCUT2D eigenvalue weighted by Gasteiger charge is 2.50. The van der Waals surface area contributed by atoms with Gasteiger partial charge in [-0.05, 0) is 49.8 Å². The normalized spacial score (nSPS) is 26.8. The monoisotopic (exact) mass is 481 g/mol. The van der Waals surface area contributed by atoms with Gasteiger partial charge in [0.15, 0.2) is 0 Å². The SMILES string of the molecule is C=C1N[C@](C)(C2=CC(c3cc(C#CC)ncn3)CS2)[C@H](c2ccc(C3(C#N)CC3)cc2)C(=O)N1C. The Morgan fingerprint density at radius 3 is 2.66 bits per heavy atom. The molecule has 176 valence electrons. The van der Waals surface area contributed by atoms with E-state index in [9.17, 15) is 10.1 Å². The number of nitriles is 1. The summed E-state index contributed by atoms with van der Waals surface area (Å²) in [6.45, 7) is 7.97. The van der Waals surface area contributed by atoms with Gasteiger partial charge in [0.1, 0.15) is 17.8 Å². The van der Waals surface area contributed by atoms with Crippen LogP contribution in [0.5, 0.6) is 0 Å². The first kappa shape index (κ1) is 23.2. The molecule has 0 bridgehead atoms. The van der Waals surface area contributed by atoms with Gasteiger partial charge in [-0.15, -0.1) is 11.8 Å². The third kappa shape index (κ3) is 3.90. The number of benzene rings is 1. The summed E-state index contributed by atoms with van der Waals surface area (Å²) < 4.78 is 0. The molecule has 1 amide bonds. The number of amides is 1. The molecule has 3 atom stereocenters. The fraction of sp³-hybridized carbons (Fsp3) is 0.357. The molecule has 2 fully saturated rings. The summed E-state index contributed by atoms with van der Waals surface area (Å²) in [5.41, 5.74) is 2.58. The molecule has 5 rings (SSSR count). The van der Waals surface area contributed by atoms with Gasteiger partial charge in [0.05, 0.1) is 28.6 Å². The van der Waals surface area contributed by atoms with Crippen molar-refractivity contribution >= 4 is 17.7 Å². The lowest BCUT2D eigenvalue weighted by Gasteiger charge is -2.47. The van der Waals surface area contributed by atoms with E-state index in [-0.39, 0.29) is 17.2 Å². The summed E-state index contributed by atoms with van der Waals surface area (Å²) in [5, 5.41) is 13.1. The zero-order chi connectivity index (χ0) is 24.8. The molecule has 0 radical (unpaired) electrons. The fourth-order valence-electron chi connectivity index (χ4n) is 5.02. The fourth-order valence-corrected chi connectivity index (χ4v) is 6.37. The molecule has 7 heteroatoms.